The number of anilines is 1. The molecule has 0 aliphatic heterocycles. The topological polar surface area (TPSA) is 114 Å². The fraction of sp³-hybridized carbons (Fsp3) is 0.652. The van der Waals surface area contributed by atoms with Crippen molar-refractivity contribution in [2.45, 2.75) is 70.9 Å². The van der Waals surface area contributed by atoms with Gasteiger partial charge in [-0.3, -0.25) is 19.4 Å². The monoisotopic (exact) mass is 442 g/mol. The summed E-state index contributed by atoms with van der Waals surface area (Å²) in [5.41, 5.74) is 2.26. The van der Waals surface area contributed by atoms with Gasteiger partial charge in [0.1, 0.15) is 5.69 Å². The van der Waals surface area contributed by atoms with Gasteiger partial charge in [-0.05, 0) is 63.4 Å². The molecule has 0 spiro atoms. The number of aromatic amines is 1. The van der Waals surface area contributed by atoms with Gasteiger partial charge in [0.25, 0.3) is 5.91 Å². The molecule has 0 bridgehead atoms. The average Bonchev–Trinajstić information content (AvgIpc) is 3.16. The molecule has 2 aromatic heterocycles. The fourth-order valence-electron chi connectivity index (χ4n) is 5.23. The zero-order valence-electron chi connectivity index (χ0n) is 19.4. The third kappa shape index (κ3) is 4.87. The van der Waals surface area contributed by atoms with E-state index in [1.54, 1.807) is 24.9 Å². The molecule has 0 unspecified atom stereocenters. The highest BCUT2D eigenvalue weighted by Gasteiger charge is 2.51. The minimum absolute atomic E-state index is 0.0879. The quantitative estimate of drug-likeness (QED) is 0.552. The number of hydrogen-bond acceptors (Lipinski definition) is 5. The molecule has 32 heavy (non-hydrogen) atoms. The number of nitrogens with one attached hydrogen (secondary N) is 3. The van der Waals surface area contributed by atoms with Gasteiger partial charge < -0.3 is 15.4 Å². The van der Waals surface area contributed by atoms with Crippen molar-refractivity contribution in [2.24, 2.45) is 18.4 Å². The maximum atomic E-state index is 12.7. The Hall–Kier alpha value is -2.68. The maximum absolute atomic E-state index is 12.7. The van der Waals surface area contributed by atoms with Crippen molar-refractivity contribution in [3.63, 3.8) is 0 Å². The molecule has 3 N–H and O–H groups in total. The van der Waals surface area contributed by atoms with Crippen molar-refractivity contribution in [2.75, 3.05) is 12.4 Å². The van der Waals surface area contributed by atoms with Gasteiger partial charge >= 0.3 is 0 Å². The first-order valence-electron chi connectivity index (χ1n) is 11.5. The lowest BCUT2D eigenvalue weighted by Crippen LogP contribution is -2.35. The molecular weight excluding hydrogens is 408 g/mol. The Labute approximate surface area is 188 Å². The lowest BCUT2D eigenvalue weighted by atomic mass is 9.76. The van der Waals surface area contributed by atoms with Crippen LogP contribution < -0.4 is 10.6 Å². The van der Waals surface area contributed by atoms with Crippen LogP contribution in [0.15, 0.2) is 12.1 Å². The van der Waals surface area contributed by atoms with Gasteiger partial charge in [-0.2, -0.15) is 10.2 Å². The van der Waals surface area contributed by atoms with Crippen LogP contribution in [0.4, 0.5) is 5.82 Å². The van der Waals surface area contributed by atoms with Gasteiger partial charge in [-0.25, -0.2) is 0 Å². The van der Waals surface area contributed by atoms with Crippen molar-refractivity contribution < 1.29 is 14.3 Å². The van der Waals surface area contributed by atoms with Crippen LogP contribution in [-0.4, -0.2) is 44.9 Å². The van der Waals surface area contributed by atoms with Crippen molar-refractivity contribution in [3.8, 4) is 0 Å². The summed E-state index contributed by atoms with van der Waals surface area (Å²) in [6.45, 7) is 4.36. The number of carbonyl (C=O) groups excluding carboxylic acids is 2. The van der Waals surface area contributed by atoms with Crippen LogP contribution in [0.3, 0.4) is 0 Å². The number of rotatable bonds is 9. The number of methoxy groups -OCH3 is 1. The molecule has 9 heteroatoms. The number of H-pyrrole nitrogens is 1. The predicted octanol–water partition coefficient (Wildman–Crippen LogP) is 3.12. The lowest BCUT2D eigenvalue weighted by molar-refractivity contribution is -0.124. The zero-order chi connectivity index (χ0) is 22.9. The van der Waals surface area contributed by atoms with Crippen molar-refractivity contribution >= 4 is 17.6 Å². The second-order valence-corrected chi connectivity index (χ2v) is 9.72. The highest BCUT2D eigenvalue weighted by molar-refractivity contribution is 6.02. The van der Waals surface area contributed by atoms with Crippen molar-refractivity contribution in [1.82, 2.24) is 25.3 Å². The molecule has 0 radical (unpaired) electrons. The number of ether oxygens (including phenoxy) is 1. The zero-order valence-corrected chi connectivity index (χ0v) is 19.4. The molecule has 2 heterocycles. The Morgan fingerprint density at radius 3 is 2.78 bits per heavy atom. The maximum Gasteiger partial charge on any atom is 0.275 e. The van der Waals surface area contributed by atoms with E-state index in [1.807, 2.05) is 19.9 Å². The van der Waals surface area contributed by atoms with Crippen LogP contribution in [0.25, 0.3) is 0 Å². The molecule has 0 aromatic carbocycles. The van der Waals surface area contributed by atoms with Gasteiger partial charge in [0.05, 0.1) is 12.3 Å². The van der Waals surface area contributed by atoms with Crippen molar-refractivity contribution in [3.05, 3.63) is 29.2 Å². The van der Waals surface area contributed by atoms with Crippen LogP contribution in [0, 0.1) is 11.3 Å². The highest BCUT2D eigenvalue weighted by atomic mass is 16.5. The molecule has 2 saturated carbocycles. The SMILES string of the molecule is COCc1cc(C(=O)Nc2cc([C@@H]3CC[C@@](CC(=O)NC(C)C)(C4CC4)C3)[nH]n2)n(C)n1. The number of carbonyl (C=O) groups is 2. The summed E-state index contributed by atoms with van der Waals surface area (Å²) in [7, 11) is 3.33. The summed E-state index contributed by atoms with van der Waals surface area (Å²) in [5, 5.41) is 17.6. The summed E-state index contributed by atoms with van der Waals surface area (Å²) in [6.07, 6.45) is 6.13. The molecule has 174 valence electrons. The van der Waals surface area contributed by atoms with E-state index in [1.165, 1.54) is 12.8 Å². The molecule has 2 aromatic rings. The number of nitrogens with zero attached hydrogens (tertiary/aromatic N) is 3. The van der Waals surface area contributed by atoms with Gasteiger partial charge in [0.15, 0.2) is 5.82 Å². The minimum Gasteiger partial charge on any atom is -0.378 e. The number of aromatic nitrogens is 4. The average molecular weight is 443 g/mol. The summed E-state index contributed by atoms with van der Waals surface area (Å²) in [4.78, 5) is 25.2. The lowest BCUT2D eigenvalue weighted by Gasteiger charge is -2.29. The van der Waals surface area contributed by atoms with Gasteiger partial charge in [0, 0.05) is 44.3 Å². The molecule has 0 saturated heterocycles. The van der Waals surface area contributed by atoms with E-state index >= 15 is 0 Å². The first-order chi connectivity index (χ1) is 15.3. The number of amides is 2. The Morgan fingerprint density at radius 1 is 1.31 bits per heavy atom. The second-order valence-electron chi connectivity index (χ2n) is 9.72. The third-order valence-corrected chi connectivity index (χ3v) is 6.78. The van der Waals surface area contributed by atoms with E-state index in [4.69, 9.17) is 4.74 Å². The molecular formula is C23H34N6O3. The van der Waals surface area contributed by atoms with Crippen LogP contribution in [0.5, 0.6) is 0 Å². The predicted molar refractivity (Wildman–Crippen MR) is 120 cm³/mol. The summed E-state index contributed by atoms with van der Waals surface area (Å²) >= 11 is 0. The third-order valence-electron chi connectivity index (χ3n) is 6.78. The summed E-state index contributed by atoms with van der Waals surface area (Å²) < 4.78 is 6.63. The van der Waals surface area contributed by atoms with E-state index in [0.29, 0.717) is 42.1 Å². The molecule has 2 atom stereocenters. The molecule has 9 nitrogen and oxygen atoms in total. The Bertz CT molecular complexity index is 976. The Kier molecular flexibility index (Phi) is 6.37. The van der Waals surface area contributed by atoms with E-state index < -0.39 is 0 Å². The summed E-state index contributed by atoms with van der Waals surface area (Å²) in [6, 6.07) is 3.81. The van der Waals surface area contributed by atoms with Gasteiger partial charge in [-0.15, -0.1) is 0 Å². The van der Waals surface area contributed by atoms with E-state index in [-0.39, 0.29) is 23.3 Å². The highest BCUT2D eigenvalue weighted by Crippen LogP contribution is 2.60. The van der Waals surface area contributed by atoms with Crippen LogP contribution in [0.2, 0.25) is 0 Å². The first-order valence-corrected chi connectivity index (χ1v) is 11.5. The van der Waals surface area contributed by atoms with Crippen LogP contribution >= 0.6 is 0 Å². The molecule has 4 rings (SSSR count). The fourth-order valence-corrected chi connectivity index (χ4v) is 5.23. The Balaban J connectivity index is 1.40. The minimum atomic E-state index is -0.260. The van der Waals surface area contributed by atoms with Crippen LogP contribution in [0.1, 0.15) is 80.2 Å². The molecule has 2 amide bonds. The van der Waals surface area contributed by atoms with Crippen LogP contribution in [-0.2, 0) is 23.2 Å². The smallest absolute Gasteiger partial charge is 0.275 e. The Morgan fingerprint density at radius 2 is 2.09 bits per heavy atom. The largest absolute Gasteiger partial charge is 0.378 e. The number of aryl methyl sites for hydroxylation is 1. The molecule has 2 fully saturated rings. The van der Waals surface area contributed by atoms with Gasteiger partial charge in [0.2, 0.25) is 5.91 Å². The molecule has 2 aliphatic carbocycles. The van der Waals surface area contributed by atoms with Crippen molar-refractivity contribution in [1.29, 1.82) is 0 Å². The van der Waals surface area contributed by atoms with E-state index in [9.17, 15) is 9.59 Å². The molecule has 2 aliphatic rings. The first kappa shape index (κ1) is 22.5. The normalized spacial score (nSPS) is 23.0. The van der Waals surface area contributed by atoms with E-state index in [2.05, 4.69) is 25.9 Å². The summed E-state index contributed by atoms with van der Waals surface area (Å²) in [5.74, 6) is 1.38. The van der Waals surface area contributed by atoms with Gasteiger partial charge in [-0.1, -0.05) is 0 Å². The second kappa shape index (κ2) is 9.05. The van der Waals surface area contributed by atoms with E-state index in [0.717, 1.165) is 25.0 Å². The standard InChI is InChI=1S/C23H34N6O3/c1-14(2)24-21(30)12-23(16-5-6-16)8-7-15(11-23)18-10-20(27-26-18)25-22(31)19-9-17(13-32-4)28-29(19)3/h9-10,14-16H,5-8,11-13H2,1-4H3,(H,24,30)(H2,25,26,27,31)/t15-,23-/m1/s1. The number of hydrogen-bond donors (Lipinski definition) is 3.